The predicted octanol–water partition coefficient (Wildman–Crippen LogP) is 13.0. The second-order valence-electron chi connectivity index (χ2n) is 20.5. The third kappa shape index (κ3) is 9.49. The van der Waals surface area contributed by atoms with Crippen molar-refractivity contribution in [3.63, 3.8) is 0 Å². The molecule has 0 aliphatic carbocycles. The minimum absolute atomic E-state index is 0.0422. The Bertz CT molecular complexity index is 1900. The van der Waals surface area contributed by atoms with Gasteiger partial charge in [-0.25, -0.2) is 0 Å². The number of piperidine rings is 1. The molecule has 5 heteroatoms. The zero-order valence-electron chi connectivity index (χ0n) is 39.3. The Balaban J connectivity index is 2.07. The Labute approximate surface area is 356 Å². The molecule has 4 aromatic rings. The van der Waals surface area contributed by atoms with Crippen molar-refractivity contribution in [1.82, 2.24) is 4.81 Å². The first-order valence-electron chi connectivity index (χ1n) is 22.2. The van der Waals surface area contributed by atoms with Gasteiger partial charge in [0.05, 0.1) is 0 Å². The van der Waals surface area contributed by atoms with Gasteiger partial charge in [0.2, 0.25) is 0 Å². The number of pyridine rings is 1. The van der Waals surface area contributed by atoms with Gasteiger partial charge in [-0.05, 0) is 0 Å². The van der Waals surface area contributed by atoms with Gasteiger partial charge in [0, 0.05) is 0 Å². The Hall–Kier alpha value is -2.81. The Morgan fingerprint density at radius 3 is 1.26 bits per heavy atom. The summed E-state index contributed by atoms with van der Waals surface area (Å²) in [7, 11) is 4.30. The first kappa shape index (κ1) is 45.3. The van der Waals surface area contributed by atoms with Crippen molar-refractivity contribution in [1.29, 1.82) is 0 Å². The number of anilines is 1. The summed E-state index contributed by atoms with van der Waals surface area (Å²) < 4.78 is 4.16. The molecule has 0 saturated carbocycles. The number of benzene rings is 3. The van der Waals surface area contributed by atoms with Crippen LogP contribution in [0.3, 0.4) is 0 Å². The van der Waals surface area contributed by atoms with Crippen molar-refractivity contribution >= 4 is 30.4 Å². The molecule has 308 valence electrons. The Morgan fingerprint density at radius 1 is 0.579 bits per heavy atom. The summed E-state index contributed by atoms with van der Waals surface area (Å²) in [5.41, 5.74) is 16.1. The summed E-state index contributed by atoms with van der Waals surface area (Å²) in [6.45, 7) is 38.7. The van der Waals surface area contributed by atoms with E-state index in [1.165, 1.54) is 80.6 Å². The molecule has 0 N–H and O–H groups in total. The van der Waals surface area contributed by atoms with E-state index in [0.29, 0.717) is 35.5 Å². The third-order valence-electron chi connectivity index (χ3n) is 12.8. The van der Waals surface area contributed by atoms with E-state index in [1.54, 1.807) is 4.35 Å². The van der Waals surface area contributed by atoms with E-state index < -0.39 is 15.1 Å². The van der Waals surface area contributed by atoms with Crippen molar-refractivity contribution in [2.45, 2.75) is 177 Å². The minimum atomic E-state index is -0.447. The van der Waals surface area contributed by atoms with Crippen LogP contribution in [0, 0.1) is 0 Å². The number of aromatic nitrogens is 1. The molecule has 0 unspecified atom stereocenters. The quantitative estimate of drug-likeness (QED) is 0.132. The fourth-order valence-electron chi connectivity index (χ4n) is 9.51. The summed E-state index contributed by atoms with van der Waals surface area (Å²) in [6, 6.07) is 22.3. The molecule has 57 heavy (non-hydrogen) atoms. The van der Waals surface area contributed by atoms with E-state index in [1.807, 2.05) is 0 Å². The van der Waals surface area contributed by atoms with Crippen LogP contribution in [0.5, 0.6) is 0 Å². The molecule has 3 aromatic carbocycles. The summed E-state index contributed by atoms with van der Waals surface area (Å²) in [5, 5.41) is 0.197. The van der Waals surface area contributed by atoms with Crippen LogP contribution < -0.4 is 13.7 Å². The van der Waals surface area contributed by atoms with E-state index in [4.69, 9.17) is 0 Å². The zero-order valence-corrected chi connectivity index (χ0v) is 41.2. The second kappa shape index (κ2) is 17.8. The Kier molecular flexibility index (Phi) is 14.2. The van der Waals surface area contributed by atoms with Gasteiger partial charge in [-0.15, -0.1) is 0 Å². The molecule has 2 heterocycles. The van der Waals surface area contributed by atoms with Gasteiger partial charge in [0.15, 0.2) is 0 Å². The molecule has 3 nitrogen and oxygen atoms in total. The predicted molar refractivity (Wildman–Crippen MR) is 253 cm³/mol. The second-order valence-corrected chi connectivity index (χ2v) is 22.9. The van der Waals surface area contributed by atoms with Gasteiger partial charge < -0.3 is 0 Å². The van der Waals surface area contributed by atoms with Gasteiger partial charge in [-0.3, -0.25) is 0 Å². The molecule has 0 radical (unpaired) electrons. The first-order valence-corrected chi connectivity index (χ1v) is 24.3. The number of nitrogens with zero attached hydrogens (tertiary/aromatic N) is 3. The molecule has 1 aromatic heterocycles. The van der Waals surface area contributed by atoms with E-state index in [9.17, 15) is 0 Å². The number of hydrogen-bond donors (Lipinski definition) is 0. The van der Waals surface area contributed by atoms with Crippen LogP contribution in [0.4, 0.5) is 5.69 Å². The molecular weight excluding hydrogens is 752 g/mol. The van der Waals surface area contributed by atoms with Crippen LogP contribution in [0.2, 0.25) is 0 Å². The summed E-state index contributed by atoms with van der Waals surface area (Å²) in [6.07, 6.45) is 8.44. The summed E-state index contributed by atoms with van der Waals surface area (Å²) in [5.74, 6) is 2.54. The van der Waals surface area contributed by atoms with Crippen molar-refractivity contribution in [3.05, 3.63) is 100 Å². The Morgan fingerprint density at radius 2 is 0.947 bits per heavy atom. The monoisotopic (exact) mass is 830 g/mol. The standard InChI is InChI=1S/C52H77AsBN3/c1-33(2)39-29-44(35(5)6)48(45(30-39)36(7)8)42-21-19-22-43(49-46(37(9)10)31-40(34(3)4)32-47(49)38(11)12)50(42)53-54(56-27-23-41(24-28-56)55(17)18)57-51(13,14)25-20-26-52(57,15)16/h19,21-24,27-38H,20,25-26H2,1-18H3. The molecule has 1 fully saturated rings. The zero-order chi connectivity index (χ0) is 42.3. The van der Waals surface area contributed by atoms with Gasteiger partial charge in [0.1, 0.15) is 0 Å². The van der Waals surface area contributed by atoms with Crippen LogP contribution in [0.1, 0.15) is 199 Å². The average molecular weight is 830 g/mol. The van der Waals surface area contributed by atoms with Gasteiger partial charge in [-0.1, -0.05) is 0 Å². The molecule has 1 aliphatic heterocycles. The van der Waals surface area contributed by atoms with Crippen LogP contribution >= 0.6 is 0 Å². The topological polar surface area (TPSA) is 10.4 Å². The van der Waals surface area contributed by atoms with Crippen molar-refractivity contribution in [3.8, 4) is 22.3 Å². The number of rotatable bonds is 12. The van der Waals surface area contributed by atoms with Gasteiger partial charge in [0.25, 0.3) is 0 Å². The molecule has 0 spiro atoms. The maximum atomic E-state index is 2.95. The number of hydrogen-bond acceptors (Lipinski definition) is 2. The van der Waals surface area contributed by atoms with Gasteiger partial charge in [-0.2, -0.15) is 0 Å². The fraction of sp³-hybridized carbons (Fsp3) is 0.558. The fourth-order valence-corrected chi connectivity index (χ4v) is 13.5. The molecular formula is C52H77AsBN3. The summed E-state index contributed by atoms with van der Waals surface area (Å²) >= 11 is -0.447. The SMILES string of the molecule is CC(C)c1cc(C(C)C)c(-c2cccc(-c3c(C(C)C)cc(C(C)C)cc3C(C)C)c2[As]=[B-](N2C(C)(C)CCCC2(C)C)[n+]2ccc(N(C)C)cc2)c(C(C)C)c1. The van der Waals surface area contributed by atoms with E-state index in [0.717, 1.165) is 0 Å². The van der Waals surface area contributed by atoms with E-state index >= 15 is 0 Å². The molecule has 0 amide bonds. The van der Waals surface area contributed by atoms with E-state index in [2.05, 4.69) is 206 Å². The molecule has 0 atom stereocenters. The van der Waals surface area contributed by atoms with Crippen LogP contribution in [-0.2, 0) is 0 Å². The maximum absolute atomic E-state index is 2.95. The normalized spacial score (nSPS) is 16.2. The first-order chi connectivity index (χ1) is 26.6. The molecule has 5 rings (SSSR count). The van der Waals surface area contributed by atoms with Gasteiger partial charge >= 0.3 is 358 Å². The van der Waals surface area contributed by atoms with Crippen LogP contribution in [-0.4, -0.2) is 50.4 Å². The van der Waals surface area contributed by atoms with Crippen molar-refractivity contribution in [2.24, 2.45) is 0 Å². The third-order valence-corrected chi connectivity index (χ3v) is 15.9. The average Bonchev–Trinajstić information content (AvgIpc) is 3.12. The molecule has 1 aliphatic rings. The van der Waals surface area contributed by atoms with Crippen molar-refractivity contribution in [2.75, 3.05) is 19.0 Å². The van der Waals surface area contributed by atoms with Crippen molar-refractivity contribution < 1.29 is 4.48 Å². The van der Waals surface area contributed by atoms with E-state index in [-0.39, 0.29) is 16.3 Å². The van der Waals surface area contributed by atoms with Crippen LogP contribution in [0.25, 0.3) is 22.3 Å². The summed E-state index contributed by atoms with van der Waals surface area (Å²) in [4.78, 5) is 5.17. The molecule has 0 bridgehead atoms. The molecule has 1 saturated heterocycles. The van der Waals surface area contributed by atoms with Crippen LogP contribution in [0.15, 0.2) is 67.0 Å².